The third kappa shape index (κ3) is 2.68. The Morgan fingerprint density at radius 1 is 0.818 bits per heavy atom. The largest absolute Gasteiger partial charge is 0.455 e. The molecule has 6 rings (SSSR count). The lowest BCUT2D eigenvalue weighted by Gasteiger charge is -2.20. The Hall–Kier alpha value is -3.46. The third-order valence-electron chi connectivity index (χ3n) is 7.44. The zero-order chi connectivity index (χ0) is 23.1. The Morgan fingerprint density at radius 2 is 1.55 bits per heavy atom. The van der Waals surface area contributed by atoms with Gasteiger partial charge in [-0.05, 0) is 59.7 Å². The molecule has 0 saturated carbocycles. The molecule has 0 aliphatic heterocycles. The lowest BCUT2D eigenvalue weighted by molar-refractivity contribution is 0.653. The number of rotatable bonds is 2. The minimum Gasteiger partial charge on any atom is -0.455 e. The molecule has 3 heterocycles. The second kappa shape index (κ2) is 6.77. The van der Waals surface area contributed by atoms with Crippen LogP contribution in [0.15, 0.2) is 59.3 Å². The molecule has 5 aromatic rings. The summed E-state index contributed by atoms with van der Waals surface area (Å²) in [5.74, 6) is 0.452. The number of nitrogens with zero attached hydrogens (tertiary/aromatic N) is 2. The van der Waals surface area contributed by atoms with Crippen LogP contribution in [0.5, 0.6) is 0 Å². The van der Waals surface area contributed by atoms with Gasteiger partial charge < -0.3 is 4.42 Å². The average Bonchev–Trinajstić information content (AvgIpc) is 3.26. The molecule has 1 aliphatic rings. The van der Waals surface area contributed by atoms with Crippen molar-refractivity contribution in [2.75, 3.05) is 0 Å². The van der Waals surface area contributed by atoms with Crippen molar-refractivity contribution in [3.63, 3.8) is 0 Å². The lowest BCUT2D eigenvalue weighted by Crippen LogP contribution is -2.14. The van der Waals surface area contributed by atoms with E-state index in [1.54, 1.807) is 0 Å². The van der Waals surface area contributed by atoms with Crippen LogP contribution >= 0.6 is 0 Å². The zero-order valence-corrected chi connectivity index (χ0v) is 20.1. The monoisotopic (exact) mass is 432 g/mol. The Bertz CT molecular complexity index is 1590. The average molecular weight is 433 g/mol. The van der Waals surface area contributed by atoms with Crippen LogP contribution in [-0.2, 0) is 5.41 Å². The summed E-state index contributed by atoms with van der Waals surface area (Å²) in [6.45, 7) is 13.3. The summed E-state index contributed by atoms with van der Waals surface area (Å²) in [5.41, 5.74) is 12.2. The smallest absolute Gasteiger partial charge is 0.145 e. The molecule has 0 radical (unpaired) electrons. The van der Waals surface area contributed by atoms with Gasteiger partial charge in [0, 0.05) is 39.7 Å². The number of hydrogen-bond acceptors (Lipinski definition) is 3. The number of aryl methyl sites for hydroxylation is 2. The van der Waals surface area contributed by atoms with E-state index in [0.717, 1.165) is 44.5 Å². The number of benzene rings is 2. The highest BCUT2D eigenvalue weighted by Crippen LogP contribution is 2.52. The first-order chi connectivity index (χ1) is 15.8. The maximum absolute atomic E-state index is 6.75. The molecule has 1 aliphatic carbocycles. The van der Waals surface area contributed by atoms with Crippen molar-refractivity contribution < 1.29 is 4.42 Å². The van der Waals surface area contributed by atoms with Gasteiger partial charge in [-0.25, -0.2) is 0 Å². The van der Waals surface area contributed by atoms with Crippen molar-refractivity contribution in [2.24, 2.45) is 0 Å². The molecule has 0 spiro atoms. The van der Waals surface area contributed by atoms with Crippen LogP contribution in [0.25, 0.3) is 44.5 Å². The first-order valence-corrected chi connectivity index (χ1v) is 11.7. The minimum atomic E-state index is -0.101. The molecule has 164 valence electrons. The van der Waals surface area contributed by atoms with E-state index in [4.69, 9.17) is 14.4 Å². The van der Waals surface area contributed by atoms with Crippen LogP contribution in [0.1, 0.15) is 61.4 Å². The topological polar surface area (TPSA) is 38.9 Å². The molecule has 3 heteroatoms. The Kier molecular flexibility index (Phi) is 4.14. The van der Waals surface area contributed by atoms with Gasteiger partial charge in [0.1, 0.15) is 11.2 Å². The summed E-state index contributed by atoms with van der Waals surface area (Å²) in [4.78, 5) is 9.65. The van der Waals surface area contributed by atoms with E-state index in [9.17, 15) is 0 Å². The fraction of sp³-hybridized carbons (Fsp3) is 0.267. The van der Waals surface area contributed by atoms with E-state index in [-0.39, 0.29) is 5.41 Å². The molecule has 0 unspecified atom stereocenters. The van der Waals surface area contributed by atoms with Gasteiger partial charge in [0.25, 0.3) is 0 Å². The van der Waals surface area contributed by atoms with Crippen molar-refractivity contribution in [2.45, 2.75) is 52.9 Å². The van der Waals surface area contributed by atoms with Crippen molar-refractivity contribution in [1.29, 1.82) is 0 Å². The lowest BCUT2D eigenvalue weighted by atomic mass is 9.82. The van der Waals surface area contributed by atoms with Crippen molar-refractivity contribution in [3.8, 4) is 22.5 Å². The number of hydrogen-bond donors (Lipinski definition) is 0. The van der Waals surface area contributed by atoms with E-state index in [1.165, 1.54) is 27.8 Å². The summed E-state index contributed by atoms with van der Waals surface area (Å²) in [5, 5.41) is 2.26. The normalized spacial score (nSPS) is 14.3. The molecule has 0 fully saturated rings. The van der Waals surface area contributed by atoms with E-state index >= 15 is 0 Å². The molecule has 2 aromatic carbocycles. The van der Waals surface area contributed by atoms with E-state index in [2.05, 4.69) is 77.9 Å². The van der Waals surface area contributed by atoms with Gasteiger partial charge in [-0.3, -0.25) is 9.97 Å². The number of aromatic nitrogens is 2. The van der Waals surface area contributed by atoms with E-state index in [1.807, 2.05) is 18.5 Å². The SMILES string of the molecule is Cc1cc(-c2c(C)ccc3c2oc2c4c(ccc23)C(C)(C)c2cccnc2-4)ncc1C(C)C. The number of furan rings is 1. The molecule has 0 saturated heterocycles. The molecule has 0 amide bonds. The summed E-state index contributed by atoms with van der Waals surface area (Å²) in [7, 11) is 0. The second-order valence-electron chi connectivity index (χ2n) is 10.2. The summed E-state index contributed by atoms with van der Waals surface area (Å²) in [6, 6.07) is 15.3. The van der Waals surface area contributed by atoms with Gasteiger partial charge in [-0.1, -0.05) is 58.0 Å². The van der Waals surface area contributed by atoms with Crippen molar-refractivity contribution >= 4 is 21.9 Å². The molecule has 0 bridgehead atoms. The maximum atomic E-state index is 6.75. The summed E-state index contributed by atoms with van der Waals surface area (Å²) in [6.07, 6.45) is 3.90. The molecular weight excluding hydrogens is 404 g/mol. The van der Waals surface area contributed by atoms with Crippen molar-refractivity contribution in [1.82, 2.24) is 9.97 Å². The standard InChI is InChI=1S/C30H28N2O/c1-16(2)21-15-32-24(14-18(21)4)25-17(3)9-10-19-20-11-12-22-26(29(20)33-28(19)25)27-23(30(22,5)6)8-7-13-31-27/h7-16H,1-6H3. The van der Waals surface area contributed by atoms with Crippen LogP contribution < -0.4 is 0 Å². The van der Waals surface area contributed by atoms with Crippen LogP contribution in [0.3, 0.4) is 0 Å². The van der Waals surface area contributed by atoms with E-state index in [0.29, 0.717) is 5.92 Å². The maximum Gasteiger partial charge on any atom is 0.145 e. The highest BCUT2D eigenvalue weighted by molar-refractivity contribution is 6.14. The van der Waals surface area contributed by atoms with E-state index < -0.39 is 0 Å². The molecule has 33 heavy (non-hydrogen) atoms. The highest BCUT2D eigenvalue weighted by Gasteiger charge is 2.38. The van der Waals surface area contributed by atoms with Crippen LogP contribution in [0.2, 0.25) is 0 Å². The molecule has 3 nitrogen and oxygen atoms in total. The predicted molar refractivity (Wildman–Crippen MR) is 136 cm³/mol. The first-order valence-electron chi connectivity index (χ1n) is 11.7. The molecule has 0 atom stereocenters. The van der Waals surface area contributed by atoms with Gasteiger partial charge in [-0.15, -0.1) is 0 Å². The van der Waals surface area contributed by atoms with Crippen LogP contribution in [-0.4, -0.2) is 9.97 Å². The van der Waals surface area contributed by atoms with Gasteiger partial charge in [0.05, 0.1) is 11.4 Å². The second-order valence-corrected chi connectivity index (χ2v) is 10.2. The van der Waals surface area contributed by atoms with Gasteiger partial charge >= 0.3 is 0 Å². The number of fused-ring (bicyclic) bond motifs is 7. The predicted octanol–water partition coefficient (Wildman–Crippen LogP) is 8.09. The fourth-order valence-electron chi connectivity index (χ4n) is 5.64. The highest BCUT2D eigenvalue weighted by atomic mass is 16.3. The number of pyridine rings is 2. The Morgan fingerprint density at radius 3 is 2.27 bits per heavy atom. The Balaban J connectivity index is 1.68. The third-order valence-corrected chi connectivity index (χ3v) is 7.44. The summed E-state index contributed by atoms with van der Waals surface area (Å²) >= 11 is 0. The Labute approximate surface area is 194 Å². The van der Waals surface area contributed by atoms with Gasteiger partial charge in [-0.2, -0.15) is 0 Å². The van der Waals surface area contributed by atoms with Crippen LogP contribution in [0.4, 0.5) is 0 Å². The molecule has 0 N–H and O–H groups in total. The van der Waals surface area contributed by atoms with Crippen molar-refractivity contribution in [3.05, 3.63) is 82.7 Å². The van der Waals surface area contributed by atoms with Gasteiger partial charge in [0.15, 0.2) is 0 Å². The fourth-order valence-corrected chi connectivity index (χ4v) is 5.64. The first kappa shape index (κ1) is 20.2. The molecule has 3 aromatic heterocycles. The minimum absolute atomic E-state index is 0.101. The van der Waals surface area contributed by atoms with Crippen LogP contribution in [0, 0.1) is 13.8 Å². The van der Waals surface area contributed by atoms with Gasteiger partial charge in [0.2, 0.25) is 0 Å². The zero-order valence-electron chi connectivity index (χ0n) is 20.1. The quantitative estimate of drug-likeness (QED) is 0.283. The molecular formula is C30H28N2O. The summed E-state index contributed by atoms with van der Waals surface area (Å²) < 4.78 is 6.75.